The maximum atomic E-state index is 13.4. The highest BCUT2D eigenvalue weighted by atomic mass is 16.9. The molecule has 6 fully saturated rings. The Hall–Kier alpha value is -2.63. The normalized spacial score (nSPS) is 50.3. The summed E-state index contributed by atoms with van der Waals surface area (Å²) < 4.78 is 33.4. The number of carbonyl (C=O) groups excluding carboxylic acids is 1. The Bertz CT molecular complexity index is 1480. The molecule has 8 rings (SSSR count). The third kappa shape index (κ3) is 3.19. The molecule has 9 heteroatoms. The minimum atomic E-state index is -2.01. The van der Waals surface area contributed by atoms with Crippen molar-refractivity contribution in [2.45, 2.75) is 86.4 Å². The van der Waals surface area contributed by atoms with Gasteiger partial charge in [0.1, 0.15) is 41.2 Å². The molecule has 228 valence electrons. The number of ether oxygens (including phenoxy) is 5. The van der Waals surface area contributed by atoms with Crippen LogP contribution in [0.15, 0.2) is 72.8 Å². The zero-order valence-corrected chi connectivity index (χ0v) is 24.5. The molecular formula is C34H38O9. The van der Waals surface area contributed by atoms with E-state index >= 15 is 0 Å². The highest BCUT2D eigenvalue weighted by Gasteiger charge is 2.89. The average Bonchev–Trinajstić information content (AvgIpc) is 3.64. The van der Waals surface area contributed by atoms with Gasteiger partial charge in [0.05, 0.1) is 17.8 Å². The second-order valence-corrected chi connectivity index (χ2v) is 13.7. The second kappa shape index (κ2) is 8.75. The molecule has 6 aliphatic rings. The number of aliphatic hydroxyl groups is 3. The molecule has 9 nitrogen and oxygen atoms in total. The highest BCUT2D eigenvalue weighted by Crippen LogP contribution is 2.75. The van der Waals surface area contributed by atoms with Crippen LogP contribution in [0.2, 0.25) is 0 Å². The Balaban J connectivity index is 1.32. The molecule has 0 aromatic heterocycles. The molecule has 3 aliphatic carbocycles. The Kier molecular flexibility index (Phi) is 5.68. The highest BCUT2D eigenvalue weighted by molar-refractivity contribution is 5.89. The fourth-order valence-corrected chi connectivity index (χ4v) is 9.71. The molecule has 3 N–H and O–H groups in total. The van der Waals surface area contributed by atoms with Gasteiger partial charge in [0, 0.05) is 17.4 Å². The Morgan fingerprint density at radius 3 is 2.35 bits per heavy atom. The first kappa shape index (κ1) is 27.9. The van der Waals surface area contributed by atoms with Gasteiger partial charge in [-0.3, -0.25) is 0 Å². The first-order valence-electron chi connectivity index (χ1n) is 15.2. The maximum Gasteiger partial charge on any atom is 0.338 e. The van der Waals surface area contributed by atoms with Crippen molar-refractivity contribution in [3.05, 3.63) is 83.9 Å². The van der Waals surface area contributed by atoms with Crippen molar-refractivity contribution < 1.29 is 43.8 Å². The van der Waals surface area contributed by atoms with E-state index in [9.17, 15) is 20.1 Å². The largest absolute Gasteiger partial charge is 0.455 e. The lowest BCUT2D eigenvalue weighted by Crippen LogP contribution is -2.72. The van der Waals surface area contributed by atoms with Crippen LogP contribution in [-0.4, -0.2) is 74.7 Å². The lowest BCUT2D eigenvalue weighted by Gasteiger charge is -2.60. The van der Waals surface area contributed by atoms with Crippen LogP contribution in [0.3, 0.4) is 0 Å². The van der Waals surface area contributed by atoms with Crippen LogP contribution in [0.4, 0.5) is 0 Å². The standard InChI is InChI=1S/C34H38O9/c1-18(2)30-16-20(4)33-23-15-19(3)25(39-28(36)21-11-7-5-8-12-21)32(23,38)29(37)31(17-35)27(40-31)24(33)26(30)41-34(42-30,43-33)22-13-9-6-10-14-22/h5-14,19-20,23-27,29,35,37-38H,1,15-17H2,2-4H3/t19-,20+,23+,24+,25-,26+,27-,29+,30+,31-,32+,33-,34+/m0/s1. The number of hydrogen-bond donors (Lipinski definition) is 3. The van der Waals surface area contributed by atoms with E-state index < -0.39 is 77.2 Å². The number of benzene rings is 2. The average molecular weight is 591 g/mol. The van der Waals surface area contributed by atoms with Crippen molar-refractivity contribution in [3.63, 3.8) is 0 Å². The first-order valence-corrected chi connectivity index (χ1v) is 15.2. The summed E-state index contributed by atoms with van der Waals surface area (Å²) in [5, 5.41) is 35.9. The molecule has 3 heterocycles. The number of epoxide rings is 1. The molecule has 0 unspecified atom stereocenters. The van der Waals surface area contributed by atoms with Crippen molar-refractivity contribution in [2.75, 3.05) is 6.61 Å². The molecule has 3 aliphatic heterocycles. The predicted octanol–water partition coefficient (Wildman–Crippen LogP) is 3.07. The molecular weight excluding hydrogens is 552 g/mol. The summed E-state index contributed by atoms with van der Waals surface area (Å²) in [5.41, 5.74) is -3.78. The van der Waals surface area contributed by atoms with Gasteiger partial charge in [-0.15, -0.1) is 0 Å². The Morgan fingerprint density at radius 2 is 1.70 bits per heavy atom. The van der Waals surface area contributed by atoms with E-state index in [4.69, 9.17) is 23.7 Å². The molecule has 2 aromatic rings. The van der Waals surface area contributed by atoms with Crippen molar-refractivity contribution in [2.24, 2.45) is 23.7 Å². The summed E-state index contributed by atoms with van der Waals surface area (Å²) in [5.74, 6) is -4.00. The second-order valence-electron chi connectivity index (χ2n) is 13.7. The van der Waals surface area contributed by atoms with Gasteiger partial charge < -0.3 is 39.0 Å². The summed E-state index contributed by atoms with van der Waals surface area (Å²) in [6, 6.07) is 18.1. The third-order valence-corrected chi connectivity index (χ3v) is 11.6. The number of carbonyl (C=O) groups is 1. The predicted molar refractivity (Wildman–Crippen MR) is 151 cm³/mol. The van der Waals surface area contributed by atoms with Crippen LogP contribution < -0.4 is 0 Å². The molecule has 0 spiro atoms. The first-order chi connectivity index (χ1) is 20.5. The Labute approximate surface area is 250 Å². The van der Waals surface area contributed by atoms with Gasteiger partial charge in [0.15, 0.2) is 0 Å². The van der Waals surface area contributed by atoms with E-state index in [-0.39, 0.29) is 11.8 Å². The lowest BCUT2D eigenvalue weighted by atomic mass is 9.54. The quantitative estimate of drug-likeness (QED) is 0.274. The number of rotatable bonds is 5. The maximum absolute atomic E-state index is 13.4. The van der Waals surface area contributed by atoms with E-state index in [1.807, 2.05) is 44.2 Å². The Morgan fingerprint density at radius 1 is 1.02 bits per heavy atom. The van der Waals surface area contributed by atoms with Crippen molar-refractivity contribution >= 4 is 5.97 Å². The summed E-state index contributed by atoms with van der Waals surface area (Å²) in [6.45, 7) is 9.70. The van der Waals surface area contributed by atoms with Gasteiger partial charge in [-0.25, -0.2) is 4.79 Å². The van der Waals surface area contributed by atoms with Gasteiger partial charge in [0.25, 0.3) is 0 Å². The third-order valence-electron chi connectivity index (χ3n) is 11.6. The van der Waals surface area contributed by atoms with Gasteiger partial charge in [-0.05, 0) is 49.3 Å². The smallest absolute Gasteiger partial charge is 0.338 e. The van der Waals surface area contributed by atoms with E-state index in [1.54, 1.807) is 30.3 Å². The SMILES string of the molecule is C=C(C)[C@]12C[C@@H](C)[C@@]34O[C@](c5ccccc5)(O[C@@H]1[C@@H]3[C@@H]1O[C@]1(CO)[C@@H](O)[C@@]1(O)[C@H]4C[C@H](C)[C@@H]1OC(=O)c1ccccc1)O2. The lowest BCUT2D eigenvalue weighted by molar-refractivity contribution is -0.443. The van der Waals surface area contributed by atoms with Crippen LogP contribution in [0.5, 0.6) is 0 Å². The zero-order valence-electron chi connectivity index (χ0n) is 24.5. The van der Waals surface area contributed by atoms with Gasteiger partial charge >= 0.3 is 11.9 Å². The molecule has 0 radical (unpaired) electrons. The molecule has 13 atom stereocenters. The number of esters is 1. The minimum absolute atomic E-state index is 0.224. The molecule has 3 saturated carbocycles. The van der Waals surface area contributed by atoms with Crippen LogP contribution in [0.25, 0.3) is 0 Å². The summed E-state index contributed by atoms with van der Waals surface area (Å²) >= 11 is 0. The van der Waals surface area contributed by atoms with Gasteiger partial charge in [0.2, 0.25) is 0 Å². The van der Waals surface area contributed by atoms with Crippen molar-refractivity contribution in [3.8, 4) is 0 Å². The number of fused-ring (bicyclic) bond motifs is 3. The zero-order chi connectivity index (χ0) is 30.2. The minimum Gasteiger partial charge on any atom is -0.455 e. The van der Waals surface area contributed by atoms with Crippen LogP contribution in [-0.2, 0) is 29.7 Å². The molecule has 0 amide bonds. The monoisotopic (exact) mass is 590 g/mol. The summed E-state index contributed by atoms with van der Waals surface area (Å²) in [4.78, 5) is 13.4. The van der Waals surface area contributed by atoms with Crippen molar-refractivity contribution in [1.29, 1.82) is 0 Å². The fourth-order valence-electron chi connectivity index (χ4n) is 9.71. The molecule has 2 aromatic carbocycles. The van der Waals surface area contributed by atoms with Crippen molar-refractivity contribution in [1.82, 2.24) is 0 Å². The van der Waals surface area contributed by atoms with Gasteiger partial charge in [-0.1, -0.05) is 69.0 Å². The van der Waals surface area contributed by atoms with Gasteiger partial charge in [-0.2, -0.15) is 0 Å². The summed E-state index contributed by atoms with van der Waals surface area (Å²) in [7, 11) is 0. The van der Waals surface area contributed by atoms with Crippen LogP contribution >= 0.6 is 0 Å². The summed E-state index contributed by atoms with van der Waals surface area (Å²) in [6.07, 6.45) is -3.06. The van der Waals surface area contributed by atoms with E-state index in [0.717, 1.165) is 5.57 Å². The van der Waals surface area contributed by atoms with Crippen LogP contribution in [0, 0.1) is 23.7 Å². The van der Waals surface area contributed by atoms with Crippen LogP contribution in [0.1, 0.15) is 49.5 Å². The fraction of sp³-hybridized carbons (Fsp3) is 0.559. The topological polar surface area (TPSA) is 127 Å². The van der Waals surface area contributed by atoms with E-state index in [2.05, 4.69) is 13.5 Å². The molecule has 3 saturated heterocycles. The molecule has 43 heavy (non-hydrogen) atoms. The molecule has 3 bridgehead atoms. The number of hydrogen-bond acceptors (Lipinski definition) is 9. The van der Waals surface area contributed by atoms with E-state index in [1.165, 1.54) is 0 Å². The van der Waals surface area contributed by atoms with E-state index in [0.29, 0.717) is 24.0 Å². The number of aliphatic hydroxyl groups excluding tert-OH is 2.